The molecule has 2 aromatic carbocycles. The van der Waals surface area contributed by atoms with Crippen LogP contribution in [-0.2, 0) is 4.74 Å². The summed E-state index contributed by atoms with van der Waals surface area (Å²) in [4.78, 5) is 14.6. The highest BCUT2D eigenvalue weighted by molar-refractivity contribution is 6.33. The fourth-order valence-electron chi connectivity index (χ4n) is 2.95. The van der Waals surface area contributed by atoms with Crippen molar-refractivity contribution in [2.45, 2.75) is 13.8 Å². The Balaban J connectivity index is 1.75. The van der Waals surface area contributed by atoms with Gasteiger partial charge in [0.1, 0.15) is 0 Å². The second-order valence-electron chi connectivity index (χ2n) is 6.10. The molecule has 24 heavy (non-hydrogen) atoms. The SMILES string of the molecule is Cc1cc(C)cc(C(=O)Nc2ccc(N3CCOCC3)c(Cl)c2)c1. The molecular formula is C19H21ClN2O2. The third kappa shape index (κ3) is 3.89. The number of nitrogens with zero attached hydrogens (tertiary/aromatic N) is 1. The van der Waals surface area contributed by atoms with E-state index in [0.717, 1.165) is 29.9 Å². The molecule has 1 aliphatic heterocycles. The summed E-state index contributed by atoms with van der Waals surface area (Å²) in [6, 6.07) is 11.4. The topological polar surface area (TPSA) is 41.6 Å². The number of benzene rings is 2. The number of carbonyl (C=O) groups excluding carboxylic acids is 1. The van der Waals surface area contributed by atoms with Gasteiger partial charge in [0, 0.05) is 24.3 Å². The number of halogens is 1. The van der Waals surface area contributed by atoms with Crippen LogP contribution in [0.1, 0.15) is 21.5 Å². The fourth-order valence-corrected chi connectivity index (χ4v) is 3.25. The summed E-state index contributed by atoms with van der Waals surface area (Å²) in [5.74, 6) is -0.128. The summed E-state index contributed by atoms with van der Waals surface area (Å²) in [6.07, 6.45) is 0. The van der Waals surface area contributed by atoms with Crippen LogP contribution < -0.4 is 10.2 Å². The van der Waals surface area contributed by atoms with Crippen molar-refractivity contribution < 1.29 is 9.53 Å². The van der Waals surface area contributed by atoms with Crippen molar-refractivity contribution in [2.75, 3.05) is 36.5 Å². The second kappa shape index (κ2) is 7.24. The third-order valence-electron chi connectivity index (χ3n) is 4.04. The Hall–Kier alpha value is -2.04. The van der Waals surface area contributed by atoms with Gasteiger partial charge in [0.15, 0.2) is 0 Å². The third-order valence-corrected chi connectivity index (χ3v) is 4.34. The average molecular weight is 345 g/mol. The molecule has 4 nitrogen and oxygen atoms in total. The molecule has 2 aromatic rings. The summed E-state index contributed by atoms with van der Waals surface area (Å²) in [7, 11) is 0. The van der Waals surface area contributed by atoms with Crippen molar-refractivity contribution >= 4 is 28.9 Å². The molecule has 1 N–H and O–H groups in total. The van der Waals surface area contributed by atoms with Crippen molar-refractivity contribution in [1.29, 1.82) is 0 Å². The van der Waals surface area contributed by atoms with Crippen molar-refractivity contribution in [1.82, 2.24) is 0 Å². The molecule has 126 valence electrons. The lowest BCUT2D eigenvalue weighted by atomic mass is 10.1. The first-order chi connectivity index (χ1) is 11.5. The van der Waals surface area contributed by atoms with E-state index in [9.17, 15) is 4.79 Å². The van der Waals surface area contributed by atoms with Gasteiger partial charge >= 0.3 is 0 Å². The van der Waals surface area contributed by atoms with Crippen molar-refractivity contribution in [2.24, 2.45) is 0 Å². The second-order valence-corrected chi connectivity index (χ2v) is 6.50. The highest BCUT2D eigenvalue weighted by Gasteiger charge is 2.15. The molecular weight excluding hydrogens is 324 g/mol. The van der Waals surface area contributed by atoms with Crippen molar-refractivity contribution in [3.05, 3.63) is 58.1 Å². The molecule has 0 aliphatic carbocycles. The summed E-state index contributed by atoms with van der Waals surface area (Å²) in [6.45, 7) is 7.04. The van der Waals surface area contributed by atoms with E-state index in [0.29, 0.717) is 29.5 Å². The van der Waals surface area contributed by atoms with Crippen LogP contribution in [0.4, 0.5) is 11.4 Å². The number of hydrogen-bond acceptors (Lipinski definition) is 3. The molecule has 1 fully saturated rings. The monoisotopic (exact) mass is 344 g/mol. The molecule has 1 heterocycles. The first kappa shape index (κ1) is 16.8. The smallest absolute Gasteiger partial charge is 0.255 e. The minimum absolute atomic E-state index is 0.128. The van der Waals surface area contributed by atoms with Gasteiger partial charge in [-0.2, -0.15) is 0 Å². The quantitative estimate of drug-likeness (QED) is 0.913. The van der Waals surface area contributed by atoms with Gasteiger partial charge in [-0.3, -0.25) is 4.79 Å². The van der Waals surface area contributed by atoms with Gasteiger partial charge < -0.3 is 15.0 Å². The van der Waals surface area contributed by atoms with E-state index >= 15 is 0 Å². The number of carbonyl (C=O) groups is 1. The summed E-state index contributed by atoms with van der Waals surface area (Å²) in [5.41, 5.74) is 4.47. The highest BCUT2D eigenvalue weighted by Crippen LogP contribution is 2.29. The number of morpholine rings is 1. The molecule has 3 rings (SSSR count). The predicted molar refractivity (Wildman–Crippen MR) is 98.4 cm³/mol. The highest BCUT2D eigenvalue weighted by atomic mass is 35.5. The molecule has 1 amide bonds. The zero-order valence-electron chi connectivity index (χ0n) is 13.9. The zero-order chi connectivity index (χ0) is 17.1. The van der Waals surface area contributed by atoms with E-state index in [1.54, 1.807) is 6.07 Å². The predicted octanol–water partition coefficient (Wildman–Crippen LogP) is 4.05. The first-order valence-electron chi connectivity index (χ1n) is 8.05. The van der Waals surface area contributed by atoms with Crippen LogP contribution in [0, 0.1) is 13.8 Å². The number of ether oxygens (including phenoxy) is 1. The minimum Gasteiger partial charge on any atom is -0.378 e. The van der Waals surface area contributed by atoms with Crippen LogP contribution >= 0.6 is 11.6 Å². The molecule has 0 bridgehead atoms. The van der Waals surface area contributed by atoms with Gasteiger partial charge in [-0.25, -0.2) is 0 Å². The maximum Gasteiger partial charge on any atom is 0.255 e. The van der Waals surface area contributed by atoms with E-state index in [1.807, 2.05) is 44.2 Å². The molecule has 0 saturated carbocycles. The van der Waals surface area contributed by atoms with Gasteiger partial charge in [0.2, 0.25) is 0 Å². The van der Waals surface area contributed by atoms with Crippen molar-refractivity contribution in [3.8, 4) is 0 Å². The van der Waals surface area contributed by atoms with Gasteiger partial charge in [-0.05, 0) is 44.2 Å². The number of amides is 1. The van der Waals surface area contributed by atoms with Gasteiger partial charge in [0.25, 0.3) is 5.91 Å². The zero-order valence-corrected chi connectivity index (χ0v) is 14.7. The van der Waals surface area contributed by atoms with E-state index in [2.05, 4.69) is 10.2 Å². The summed E-state index contributed by atoms with van der Waals surface area (Å²) < 4.78 is 5.36. The van der Waals surface area contributed by atoms with Crippen LogP contribution in [-0.4, -0.2) is 32.2 Å². The lowest BCUT2D eigenvalue weighted by molar-refractivity contribution is 0.102. The van der Waals surface area contributed by atoms with Crippen LogP contribution in [0.5, 0.6) is 0 Å². The molecule has 5 heteroatoms. The maximum absolute atomic E-state index is 12.4. The lowest BCUT2D eigenvalue weighted by Crippen LogP contribution is -2.36. The van der Waals surface area contributed by atoms with E-state index in [1.165, 1.54) is 0 Å². The normalized spacial score (nSPS) is 14.5. The molecule has 0 atom stereocenters. The largest absolute Gasteiger partial charge is 0.378 e. The van der Waals surface area contributed by atoms with Gasteiger partial charge in [-0.1, -0.05) is 28.8 Å². The number of aryl methyl sites for hydroxylation is 2. The first-order valence-corrected chi connectivity index (χ1v) is 8.42. The van der Waals surface area contributed by atoms with Gasteiger partial charge in [-0.15, -0.1) is 0 Å². The van der Waals surface area contributed by atoms with E-state index in [4.69, 9.17) is 16.3 Å². The molecule has 0 spiro atoms. The number of anilines is 2. The number of nitrogens with one attached hydrogen (secondary N) is 1. The summed E-state index contributed by atoms with van der Waals surface area (Å²) in [5, 5.41) is 3.55. The van der Waals surface area contributed by atoms with Crippen molar-refractivity contribution in [3.63, 3.8) is 0 Å². The standard InChI is InChI=1S/C19H21ClN2O2/c1-13-9-14(2)11-15(10-13)19(23)21-16-3-4-18(17(20)12-16)22-5-7-24-8-6-22/h3-4,9-12H,5-8H2,1-2H3,(H,21,23). The number of hydrogen-bond donors (Lipinski definition) is 1. The molecule has 0 aromatic heterocycles. The Morgan fingerprint density at radius 2 is 1.75 bits per heavy atom. The number of rotatable bonds is 3. The van der Waals surface area contributed by atoms with Crippen LogP contribution in [0.15, 0.2) is 36.4 Å². The maximum atomic E-state index is 12.4. The van der Waals surface area contributed by atoms with Crippen LogP contribution in [0.3, 0.4) is 0 Å². The minimum atomic E-state index is -0.128. The molecule has 0 radical (unpaired) electrons. The Morgan fingerprint density at radius 1 is 1.08 bits per heavy atom. The summed E-state index contributed by atoms with van der Waals surface area (Å²) >= 11 is 6.41. The Labute approximate surface area is 147 Å². The Morgan fingerprint density at radius 3 is 2.38 bits per heavy atom. The molecule has 0 unspecified atom stereocenters. The van der Waals surface area contributed by atoms with Gasteiger partial charge in [0.05, 0.1) is 23.9 Å². The lowest BCUT2D eigenvalue weighted by Gasteiger charge is -2.29. The fraction of sp³-hybridized carbons (Fsp3) is 0.316. The Bertz CT molecular complexity index is 735. The van der Waals surface area contributed by atoms with E-state index < -0.39 is 0 Å². The Kier molecular flexibility index (Phi) is 5.07. The van der Waals surface area contributed by atoms with Crippen LogP contribution in [0.2, 0.25) is 5.02 Å². The van der Waals surface area contributed by atoms with E-state index in [-0.39, 0.29) is 5.91 Å². The van der Waals surface area contributed by atoms with Crippen LogP contribution in [0.25, 0.3) is 0 Å². The molecule has 1 saturated heterocycles. The average Bonchev–Trinajstić information content (AvgIpc) is 2.55. The molecule has 1 aliphatic rings.